The van der Waals surface area contributed by atoms with Gasteiger partial charge >= 0.3 is 5.97 Å². The third-order valence-corrected chi connectivity index (χ3v) is 4.91. The van der Waals surface area contributed by atoms with Crippen molar-refractivity contribution in [2.75, 3.05) is 0 Å². The summed E-state index contributed by atoms with van der Waals surface area (Å²) in [6.07, 6.45) is 2.00. The van der Waals surface area contributed by atoms with Crippen molar-refractivity contribution in [2.24, 2.45) is 0 Å². The van der Waals surface area contributed by atoms with Crippen LogP contribution in [0, 0.1) is 0 Å². The first kappa shape index (κ1) is 19.1. The van der Waals surface area contributed by atoms with Crippen LogP contribution >= 0.6 is 0 Å². The lowest BCUT2D eigenvalue weighted by Gasteiger charge is -2.14. The molecule has 0 unspecified atom stereocenters. The van der Waals surface area contributed by atoms with Gasteiger partial charge in [0.05, 0.1) is 11.1 Å². The molecule has 0 spiro atoms. The number of carbonyl (C=O) groups excluding carboxylic acids is 1. The Hall–Kier alpha value is -4.19. The normalized spacial score (nSPS) is 11.7. The highest BCUT2D eigenvalue weighted by molar-refractivity contribution is 6.38. The molecule has 0 atom stereocenters. The summed E-state index contributed by atoms with van der Waals surface area (Å²) >= 11 is 0. The average molecular weight is 399 g/mol. The summed E-state index contributed by atoms with van der Waals surface area (Å²) < 4.78 is 1.80. The first-order valence-corrected chi connectivity index (χ1v) is 9.22. The Balaban J connectivity index is 1.86. The predicted molar refractivity (Wildman–Crippen MR) is 115 cm³/mol. The van der Waals surface area contributed by atoms with E-state index in [2.05, 4.69) is 0 Å². The van der Waals surface area contributed by atoms with Gasteiger partial charge in [-0.05, 0) is 34.5 Å². The molecule has 0 saturated heterocycles. The zero-order chi connectivity index (χ0) is 21.3. The number of carboxylic acid groups (broad SMARTS) is 1. The van der Waals surface area contributed by atoms with Crippen molar-refractivity contribution < 1.29 is 19.8 Å². The molecule has 0 radical (unpaired) electrons. The molecule has 0 aliphatic heterocycles. The summed E-state index contributed by atoms with van der Waals surface area (Å²) in [5, 5.41) is 21.6. The zero-order valence-electron chi connectivity index (χ0n) is 15.8. The number of aromatic nitrogens is 1. The quantitative estimate of drug-likeness (QED) is 0.303. The van der Waals surface area contributed by atoms with Gasteiger partial charge in [-0.25, -0.2) is 4.79 Å². The minimum Gasteiger partial charge on any atom is -0.507 e. The molecule has 2 N–H and O–H groups in total. The van der Waals surface area contributed by atoms with Crippen molar-refractivity contribution in [2.45, 2.75) is 6.54 Å². The third kappa shape index (κ3) is 3.58. The molecule has 1 heterocycles. The Morgan fingerprint density at radius 2 is 1.60 bits per heavy atom. The Labute approximate surface area is 170 Å². The predicted octanol–water partition coefficient (Wildman–Crippen LogP) is 3.76. The van der Waals surface area contributed by atoms with E-state index in [-0.39, 0.29) is 5.56 Å². The smallest absolute Gasteiger partial charge is 0.376 e. The molecule has 30 heavy (non-hydrogen) atoms. The number of nitrogens with zero attached hydrogens (tertiary/aromatic N) is 1. The van der Waals surface area contributed by atoms with Crippen LogP contribution in [0.1, 0.15) is 11.1 Å². The van der Waals surface area contributed by atoms with E-state index >= 15 is 0 Å². The van der Waals surface area contributed by atoms with Crippen LogP contribution in [0.15, 0.2) is 83.8 Å². The van der Waals surface area contributed by atoms with E-state index in [1.165, 1.54) is 6.20 Å². The number of fused-ring (bicyclic) bond motifs is 2. The lowest BCUT2D eigenvalue weighted by Crippen LogP contribution is -2.16. The monoisotopic (exact) mass is 399 g/mol. The third-order valence-electron chi connectivity index (χ3n) is 4.91. The van der Waals surface area contributed by atoms with Crippen molar-refractivity contribution in [3.05, 3.63) is 100 Å². The number of hydrogen-bond acceptors (Lipinski definition) is 4. The fourth-order valence-corrected chi connectivity index (χ4v) is 3.46. The molecule has 6 nitrogen and oxygen atoms in total. The maximum Gasteiger partial charge on any atom is 0.376 e. The van der Waals surface area contributed by atoms with Gasteiger partial charge in [0.2, 0.25) is 0 Å². The average Bonchev–Trinajstić information content (AvgIpc) is 2.75. The number of benzene rings is 3. The summed E-state index contributed by atoms with van der Waals surface area (Å²) in [5.74, 6) is -3.69. The molecule has 0 fully saturated rings. The van der Waals surface area contributed by atoms with Crippen LogP contribution in [0.2, 0.25) is 0 Å². The van der Waals surface area contributed by atoms with Gasteiger partial charge in [-0.2, -0.15) is 0 Å². The molecule has 0 amide bonds. The summed E-state index contributed by atoms with van der Waals surface area (Å²) in [6.45, 7) is 0.415. The minimum atomic E-state index is -1.71. The van der Waals surface area contributed by atoms with Crippen LogP contribution in [-0.4, -0.2) is 26.5 Å². The molecule has 4 rings (SSSR count). The second-order valence-corrected chi connectivity index (χ2v) is 6.90. The molecule has 0 aliphatic carbocycles. The number of pyridine rings is 1. The maximum atomic E-state index is 12.8. The topological polar surface area (TPSA) is 96.6 Å². The molecule has 0 bridgehead atoms. The molecule has 0 aliphatic rings. The van der Waals surface area contributed by atoms with E-state index in [0.29, 0.717) is 23.5 Å². The molecule has 4 aromatic rings. The van der Waals surface area contributed by atoms with Gasteiger partial charge in [-0.3, -0.25) is 9.59 Å². The Morgan fingerprint density at radius 1 is 0.900 bits per heavy atom. The van der Waals surface area contributed by atoms with E-state index in [0.717, 1.165) is 16.3 Å². The van der Waals surface area contributed by atoms with Crippen molar-refractivity contribution in [1.29, 1.82) is 0 Å². The molecular formula is C24H17NO5. The second-order valence-electron chi connectivity index (χ2n) is 6.90. The first-order chi connectivity index (χ1) is 14.4. The number of carbonyl (C=O) groups is 2. The summed E-state index contributed by atoms with van der Waals surface area (Å²) in [6, 6.07) is 20.9. The van der Waals surface area contributed by atoms with E-state index in [4.69, 9.17) is 5.11 Å². The Bertz CT molecular complexity index is 1400. The van der Waals surface area contributed by atoms with E-state index in [9.17, 15) is 19.5 Å². The zero-order valence-corrected chi connectivity index (χ0v) is 15.8. The van der Waals surface area contributed by atoms with E-state index < -0.39 is 22.9 Å². The summed E-state index contributed by atoms with van der Waals surface area (Å²) in [4.78, 5) is 35.1. The molecule has 6 heteroatoms. The number of ketones is 1. The van der Waals surface area contributed by atoms with Crippen molar-refractivity contribution in [3.8, 4) is 0 Å². The highest BCUT2D eigenvalue weighted by Gasteiger charge is 2.16. The first-order valence-electron chi connectivity index (χ1n) is 9.22. The Kier molecular flexibility index (Phi) is 4.90. The maximum absolute atomic E-state index is 12.8. The van der Waals surface area contributed by atoms with Crippen LogP contribution in [0.25, 0.3) is 27.4 Å². The van der Waals surface area contributed by atoms with Crippen LogP contribution in [-0.2, 0) is 16.1 Å². The van der Waals surface area contributed by atoms with Gasteiger partial charge < -0.3 is 14.8 Å². The highest BCUT2D eigenvalue weighted by Crippen LogP contribution is 2.20. The summed E-state index contributed by atoms with van der Waals surface area (Å²) in [7, 11) is 0. The number of hydrogen-bond donors (Lipinski definition) is 2. The number of aliphatic carboxylic acids is 1. The summed E-state index contributed by atoms with van der Waals surface area (Å²) in [5.41, 5.74) is 1.03. The molecule has 1 aromatic heterocycles. The van der Waals surface area contributed by atoms with Crippen LogP contribution in [0.4, 0.5) is 0 Å². The van der Waals surface area contributed by atoms with Crippen molar-refractivity contribution in [3.63, 3.8) is 0 Å². The second kappa shape index (κ2) is 7.67. The minimum absolute atomic E-state index is 0.135. The number of carboxylic acids is 1. The SMILES string of the molecule is O=C(O)C(=O)/C=C(\O)c1cn(Cc2ccc3ccccc3c2)c2ccccc2c1=O. The number of rotatable bonds is 5. The van der Waals surface area contributed by atoms with Gasteiger partial charge in [0.15, 0.2) is 5.43 Å². The van der Waals surface area contributed by atoms with Crippen molar-refractivity contribution >= 4 is 39.2 Å². The largest absolute Gasteiger partial charge is 0.507 e. The molecule has 148 valence electrons. The number of para-hydroxylation sites is 1. The Morgan fingerprint density at radius 3 is 2.37 bits per heavy atom. The van der Waals surface area contributed by atoms with Gasteiger partial charge in [-0.1, -0.05) is 48.5 Å². The van der Waals surface area contributed by atoms with Gasteiger partial charge in [0.1, 0.15) is 5.76 Å². The van der Waals surface area contributed by atoms with Crippen LogP contribution < -0.4 is 5.43 Å². The molecule has 3 aromatic carbocycles. The number of aliphatic hydroxyl groups is 1. The lowest BCUT2D eigenvalue weighted by molar-refractivity contribution is -0.146. The van der Waals surface area contributed by atoms with Crippen molar-refractivity contribution in [1.82, 2.24) is 4.57 Å². The highest BCUT2D eigenvalue weighted by atomic mass is 16.4. The standard InChI is InChI=1S/C24H17NO5/c26-21(12-22(27)24(29)30)19-14-25(20-8-4-3-7-18(20)23(19)28)13-15-9-10-16-5-1-2-6-17(16)11-15/h1-12,14,26H,13H2,(H,29,30)/b21-12-. The van der Waals surface area contributed by atoms with Crippen LogP contribution in [0.3, 0.4) is 0 Å². The van der Waals surface area contributed by atoms with E-state index in [1.807, 2.05) is 48.5 Å². The molecule has 0 saturated carbocycles. The lowest BCUT2D eigenvalue weighted by atomic mass is 10.1. The van der Waals surface area contributed by atoms with Gasteiger partial charge in [0.25, 0.3) is 5.78 Å². The van der Waals surface area contributed by atoms with Gasteiger partial charge in [-0.15, -0.1) is 0 Å². The molecular weight excluding hydrogens is 382 g/mol. The van der Waals surface area contributed by atoms with Crippen LogP contribution in [0.5, 0.6) is 0 Å². The fraction of sp³-hybridized carbons (Fsp3) is 0.0417. The van der Waals surface area contributed by atoms with E-state index in [1.54, 1.807) is 22.8 Å². The fourth-order valence-electron chi connectivity index (χ4n) is 3.46. The van der Waals surface area contributed by atoms with Gasteiger partial charge in [0, 0.05) is 24.2 Å². The number of aliphatic hydroxyl groups excluding tert-OH is 1.